The van der Waals surface area contributed by atoms with E-state index in [2.05, 4.69) is 57.8 Å². The second-order valence-electron chi connectivity index (χ2n) is 3.14. The first-order valence-electron chi connectivity index (χ1n) is 4.32. The minimum atomic E-state index is -0.301. The van der Waals surface area contributed by atoms with Crippen molar-refractivity contribution in [1.82, 2.24) is 9.97 Å². The van der Waals surface area contributed by atoms with Crippen LogP contribution in [0.25, 0.3) is 11.0 Å². The number of hydrogen-bond acceptors (Lipinski definition) is 2. The highest BCUT2D eigenvalue weighted by Crippen LogP contribution is 2.36. The van der Waals surface area contributed by atoms with E-state index in [0.29, 0.717) is 6.42 Å². The summed E-state index contributed by atoms with van der Waals surface area (Å²) in [7, 11) is 0. The Hall–Kier alpha value is 0.000000000000000167. The average molecular weight is 395 g/mol. The highest BCUT2D eigenvalue weighted by atomic mass is 80.0. The van der Waals surface area contributed by atoms with Crippen molar-refractivity contribution in [2.75, 3.05) is 0 Å². The van der Waals surface area contributed by atoms with Gasteiger partial charge in [-0.1, -0.05) is 59.9 Å². The second kappa shape index (κ2) is 4.47. The van der Waals surface area contributed by atoms with Crippen LogP contribution in [0.5, 0.6) is 0 Å². The van der Waals surface area contributed by atoms with Gasteiger partial charge in [0.25, 0.3) is 0 Å². The van der Waals surface area contributed by atoms with Crippen molar-refractivity contribution in [1.29, 1.82) is 0 Å². The molecule has 0 fully saturated rings. The number of benzene rings is 1. The first-order valence-corrected chi connectivity index (χ1v) is 6.70. The smallest absolute Gasteiger partial charge is 0.140 e. The van der Waals surface area contributed by atoms with Crippen molar-refractivity contribution in [3.8, 4) is 0 Å². The summed E-state index contributed by atoms with van der Waals surface area (Å²) in [5, 5.41) is 0. The Balaban J connectivity index is 2.39. The molecule has 15 heavy (non-hydrogen) atoms. The second-order valence-corrected chi connectivity index (χ2v) is 10.4. The van der Waals surface area contributed by atoms with Gasteiger partial charge in [-0.15, -0.1) is 0 Å². The number of para-hydroxylation sites is 2. The normalized spacial score (nSPS) is 11.9. The molecule has 0 spiro atoms. The standard InChI is InChI=1S/C10H7Br3N2/c11-10(12,13)5-7-6-14-8-3-1-2-4-9(8)15-7/h1-4,6H,5H2. The molecule has 0 unspecified atom stereocenters. The van der Waals surface area contributed by atoms with Gasteiger partial charge in [-0.25, -0.2) is 4.98 Å². The van der Waals surface area contributed by atoms with Crippen LogP contribution in [-0.4, -0.2) is 12.1 Å². The van der Waals surface area contributed by atoms with Crippen LogP contribution < -0.4 is 0 Å². The molecule has 0 N–H and O–H groups in total. The highest BCUT2D eigenvalue weighted by molar-refractivity contribution is 9.39. The van der Waals surface area contributed by atoms with Crippen molar-refractivity contribution in [3.63, 3.8) is 0 Å². The zero-order valence-electron chi connectivity index (χ0n) is 7.62. The van der Waals surface area contributed by atoms with E-state index in [1.807, 2.05) is 24.3 Å². The molecule has 1 aromatic heterocycles. The molecule has 0 amide bonds. The molecule has 2 aromatic rings. The van der Waals surface area contributed by atoms with E-state index in [4.69, 9.17) is 0 Å². The zero-order valence-corrected chi connectivity index (χ0v) is 12.4. The lowest BCUT2D eigenvalue weighted by Gasteiger charge is -2.10. The summed E-state index contributed by atoms with van der Waals surface area (Å²) in [5.41, 5.74) is 2.77. The maximum Gasteiger partial charge on any atom is 0.140 e. The number of nitrogens with zero attached hydrogens (tertiary/aromatic N) is 2. The molecule has 0 saturated heterocycles. The molecule has 0 saturated carbocycles. The van der Waals surface area contributed by atoms with Crippen molar-refractivity contribution in [3.05, 3.63) is 36.2 Å². The highest BCUT2D eigenvalue weighted by Gasteiger charge is 2.19. The number of rotatable bonds is 1. The Kier molecular flexibility index (Phi) is 3.42. The third-order valence-electron chi connectivity index (χ3n) is 1.88. The fourth-order valence-electron chi connectivity index (χ4n) is 1.29. The molecule has 0 aliphatic carbocycles. The Bertz CT molecular complexity index is 479. The van der Waals surface area contributed by atoms with Crippen LogP contribution in [0, 0.1) is 0 Å². The first-order chi connectivity index (χ1) is 7.04. The lowest BCUT2D eigenvalue weighted by atomic mass is 10.3. The number of hydrogen-bond donors (Lipinski definition) is 0. The van der Waals surface area contributed by atoms with Gasteiger partial charge in [-0.3, -0.25) is 4.98 Å². The van der Waals surface area contributed by atoms with Gasteiger partial charge in [0.15, 0.2) is 0 Å². The largest absolute Gasteiger partial charge is 0.253 e. The monoisotopic (exact) mass is 392 g/mol. The summed E-state index contributed by atoms with van der Waals surface area (Å²) in [6, 6.07) is 7.84. The molecule has 0 aliphatic rings. The third kappa shape index (κ3) is 3.23. The number of fused-ring (bicyclic) bond motifs is 1. The number of halogens is 3. The molecule has 0 bridgehead atoms. The van der Waals surface area contributed by atoms with E-state index in [1.165, 1.54) is 0 Å². The molecular weight excluding hydrogens is 388 g/mol. The van der Waals surface area contributed by atoms with Crippen LogP contribution in [-0.2, 0) is 6.42 Å². The summed E-state index contributed by atoms with van der Waals surface area (Å²) in [5.74, 6) is 0. The molecule has 0 aliphatic heterocycles. The SMILES string of the molecule is BrC(Br)(Br)Cc1cnc2ccccc2n1. The Morgan fingerprint density at radius 2 is 1.73 bits per heavy atom. The average Bonchev–Trinajstić information content (AvgIpc) is 2.15. The molecule has 0 atom stereocenters. The molecule has 0 radical (unpaired) electrons. The first kappa shape index (κ1) is 11.5. The predicted molar refractivity (Wildman–Crippen MR) is 72.8 cm³/mol. The van der Waals surface area contributed by atoms with Crippen molar-refractivity contribution in [2.24, 2.45) is 0 Å². The van der Waals surface area contributed by atoms with E-state index >= 15 is 0 Å². The maximum absolute atomic E-state index is 4.51. The van der Waals surface area contributed by atoms with Gasteiger partial charge in [0, 0.05) is 12.6 Å². The molecule has 1 heterocycles. The topological polar surface area (TPSA) is 25.8 Å². The van der Waals surface area contributed by atoms with Crippen LogP contribution in [0.3, 0.4) is 0 Å². The molecule has 5 heteroatoms. The summed E-state index contributed by atoms with van der Waals surface area (Å²) in [6.45, 7) is 0. The minimum Gasteiger partial charge on any atom is -0.253 e. The van der Waals surface area contributed by atoms with E-state index < -0.39 is 0 Å². The van der Waals surface area contributed by atoms with E-state index in [0.717, 1.165) is 16.7 Å². The van der Waals surface area contributed by atoms with E-state index in [1.54, 1.807) is 6.20 Å². The Morgan fingerprint density at radius 3 is 2.40 bits per heavy atom. The van der Waals surface area contributed by atoms with Gasteiger partial charge in [0.1, 0.15) is 2.14 Å². The zero-order chi connectivity index (χ0) is 10.9. The molecule has 78 valence electrons. The number of alkyl halides is 3. The molecule has 2 rings (SSSR count). The summed E-state index contributed by atoms with van der Waals surface area (Å²) in [6.07, 6.45) is 2.51. The van der Waals surface area contributed by atoms with Gasteiger partial charge >= 0.3 is 0 Å². The van der Waals surface area contributed by atoms with Crippen LogP contribution in [0.15, 0.2) is 30.5 Å². The van der Waals surface area contributed by atoms with E-state index in [-0.39, 0.29) is 2.14 Å². The quantitative estimate of drug-likeness (QED) is 0.683. The molecular formula is C10H7Br3N2. The van der Waals surface area contributed by atoms with Gasteiger partial charge in [-0.2, -0.15) is 0 Å². The lowest BCUT2D eigenvalue weighted by molar-refractivity contribution is 1.01. The summed E-state index contributed by atoms with van der Waals surface area (Å²) >= 11 is 10.3. The van der Waals surface area contributed by atoms with Gasteiger partial charge in [-0.05, 0) is 12.1 Å². The van der Waals surface area contributed by atoms with Gasteiger partial charge in [0.2, 0.25) is 0 Å². The van der Waals surface area contributed by atoms with Gasteiger partial charge in [0.05, 0.1) is 16.7 Å². The fourth-order valence-corrected chi connectivity index (χ4v) is 2.15. The van der Waals surface area contributed by atoms with Crippen molar-refractivity contribution >= 4 is 58.8 Å². The van der Waals surface area contributed by atoms with Crippen LogP contribution in [0.1, 0.15) is 5.69 Å². The van der Waals surface area contributed by atoms with Crippen molar-refractivity contribution < 1.29 is 0 Å². The lowest BCUT2D eigenvalue weighted by Crippen LogP contribution is -2.06. The van der Waals surface area contributed by atoms with Crippen LogP contribution in [0.4, 0.5) is 0 Å². The predicted octanol–water partition coefficient (Wildman–Crippen LogP) is 4.01. The van der Waals surface area contributed by atoms with Crippen molar-refractivity contribution in [2.45, 2.75) is 8.56 Å². The number of aromatic nitrogens is 2. The summed E-state index contributed by atoms with van der Waals surface area (Å²) in [4.78, 5) is 8.85. The molecule has 1 aromatic carbocycles. The minimum absolute atomic E-state index is 0.301. The third-order valence-corrected chi connectivity index (χ3v) is 2.72. The van der Waals surface area contributed by atoms with Crippen LogP contribution in [0.2, 0.25) is 0 Å². The van der Waals surface area contributed by atoms with E-state index in [9.17, 15) is 0 Å². The molecule has 2 nitrogen and oxygen atoms in total. The maximum atomic E-state index is 4.51. The fraction of sp³-hybridized carbons (Fsp3) is 0.200. The van der Waals surface area contributed by atoms with Gasteiger partial charge < -0.3 is 0 Å². The Labute approximate surface area is 113 Å². The Morgan fingerprint density at radius 1 is 1.07 bits per heavy atom. The summed E-state index contributed by atoms with van der Waals surface area (Å²) < 4.78 is -0.301. The van der Waals surface area contributed by atoms with Crippen LogP contribution >= 0.6 is 47.8 Å².